The number of carboxylic acids is 2. The maximum atomic E-state index is 11.9. The summed E-state index contributed by atoms with van der Waals surface area (Å²) in [4.78, 5) is 27.6. The Hall–Kier alpha value is -2.79. The molecule has 2 unspecified atom stereocenters. The fraction of sp³-hybridized carbons (Fsp3) is 0.250. The highest BCUT2D eigenvalue weighted by molar-refractivity contribution is 7.81. The van der Waals surface area contributed by atoms with Crippen LogP contribution in [0.15, 0.2) is 40.7 Å². The number of benzene rings is 1. The van der Waals surface area contributed by atoms with E-state index in [-0.39, 0.29) is 29.1 Å². The second kappa shape index (κ2) is 6.37. The number of thiol groups is 1. The fourth-order valence-corrected chi connectivity index (χ4v) is 3.48. The van der Waals surface area contributed by atoms with Crippen LogP contribution in [0.5, 0.6) is 0 Å². The number of carbonyl (C=O) groups is 2. The molecule has 8 heteroatoms. The van der Waals surface area contributed by atoms with Crippen LogP contribution in [0.1, 0.15) is 24.5 Å². The van der Waals surface area contributed by atoms with Gasteiger partial charge in [-0.05, 0) is 24.1 Å². The van der Waals surface area contributed by atoms with Gasteiger partial charge in [0.2, 0.25) is 0 Å². The van der Waals surface area contributed by atoms with E-state index < -0.39 is 28.2 Å². The predicted molar refractivity (Wildman–Crippen MR) is 89.5 cm³/mol. The van der Waals surface area contributed by atoms with Gasteiger partial charge in [-0.2, -0.15) is 17.9 Å². The van der Waals surface area contributed by atoms with Crippen LogP contribution in [-0.2, 0) is 14.3 Å². The zero-order chi connectivity index (χ0) is 18.1. The zero-order valence-electron chi connectivity index (χ0n) is 12.7. The molecule has 0 amide bonds. The Morgan fingerprint density at radius 2 is 2.12 bits per heavy atom. The summed E-state index contributed by atoms with van der Waals surface area (Å²) in [6.07, 6.45) is 0.269. The highest BCUT2D eigenvalue weighted by Gasteiger charge is 2.53. The number of nitrogens with zero attached hydrogens (tertiary/aromatic N) is 2. The molecule has 1 aromatic carbocycles. The lowest BCUT2D eigenvalue weighted by Gasteiger charge is -2.38. The van der Waals surface area contributed by atoms with Crippen molar-refractivity contribution in [2.75, 3.05) is 0 Å². The lowest BCUT2D eigenvalue weighted by atomic mass is 9.74. The molecule has 2 atom stereocenters. The average Bonchev–Trinajstić information content (AvgIpc) is 2.53. The number of aliphatic imine (C=N–C) groups is 1. The topological polar surface area (TPSA) is 137 Å². The number of carboxylic acid groups (broad SMARTS) is 2. The maximum absolute atomic E-state index is 11.9. The van der Waals surface area contributed by atoms with E-state index in [1.807, 2.05) is 6.07 Å². The molecule has 4 N–H and O–H groups in total. The Bertz CT molecular complexity index is 825. The van der Waals surface area contributed by atoms with E-state index in [2.05, 4.69) is 17.6 Å². The van der Waals surface area contributed by atoms with Gasteiger partial charge in [0.25, 0.3) is 0 Å². The summed E-state index contributed by atoms with van der Waals surface area (Å²) in [5, 5.41) is 28.4. The number of nitriles is 1. The molecule has 0 spiro atoms. The summed E-state index contributed by atoms with van der Waals surface area (Å²) in [7, 11) is 0. The van der Waals surface area contributed by atoms with E-state index in [0.29, 0.717) is 0 Å². The summed E-state index contributed by atoms with van der Waals surface area (Å²) in [5.41, 5.74) is 6.13. The van der Waals surface area contributed by atoms with Gasteiger partial charge >= 0.3 is 11.9 Å². The summed E-state index contributed by atoms with van der Waals surface area (Å²) >= 11 is 4.48. The van der Waals surface area contributed by atoms with Crippen LogP contribution in [-0.4, -0.2) is 27.9 Å². The number of hydrogen-bond donors (Lipinski definition) is 4. The largest absolute Gasteiger partial charge is 0.481 e. The maximum Gasteiger partial charge on any atom is 0.337 e. The molecule has 0 aliphatic carbocycles. The summed E-state index contributed by atoms with van der Waals surface area (Å²) in [6, 6.07) is 7.95. The summed E-state index contributed by atoms with van der Waals surface area (Å²) < 4.78 is -1.75. The van der Waals surface area contributed by atoms with Crippen molar-refractivity contribution in [3.05, 3.63) is 46.8 Å². The first-order chi connectivity index (χ1) is 11.3. The molecule has 1 heterocycles. The van der Waals surface area contributed by atoms with Gasteiger partial charge in [0, 0.05) is 5.71 Å². The monoisotopic (exact) mass is 345 g/mol. The van der Waals surface area contributed by atoms with Crippen molar-refractivity contribution in [3.63, 3.8) is 0 Å². The Kier molecular flexibility index (Phi) is 4.66. The second-order valence-electron chi connectivity index (χ2n) is 5.25. The molecule has 2 rings (SSSR count). The molecule has 0 saturated carbocycles. The first kappa shape index (κ1) is 17.6. The summed E-state index contributed by atoms with van der Waals surface area (Å²) in [5.74, 6) is -4.28. The van der Waals surface area contributed by atoms with Crippen LogP contribution < -0.4 is 5.73 Å². The van der Waals surface area contributed by atoms with Crippen LogP contribution in [0.3, 0.4) is 0 Å². The van der Waals surface area contributed by atoms with E-state index in [0.717, 1.165) is 0 Å². The molecule has 24 heavy (non-hydrogen) atoms. The average molecular weight is 345 g/mol. The molecule has 0 aromatic heterocycles. The van der Waals surface area contributed by atoms with Crippen LogP contribution in [0.4, 0.5) is 0 Å². The Morgan fingerprint density at radius 3 is 2.62 bits per heavy atom. The lowest BCUT2D eigenvalue weighted by molar-refractivity contribution is -0.140. The van der Waals surface area contributed by atoms with Crippen molar-refractivity contribution in [3.8, 4) is 6.07 Å². The number of nitrogens with two attached hydrogens (primary N) is 1. The highest BCUT2D eigenvalue weighted by Crippen LogP contribution is 2.48. The molecule has 0 fully saturated rings. The van der Waals surface area contributed by atoms with Crippen molar-refractivity contribution in [2.24, 2.45) is 16.6 Å². The first-order valence-corrected chi connectivity index (χ1v) is 7.48. The first-order valence-electron chi connectivity index (χ1n) is 7.04. The minimum Gasteiger partial charge on any atom is -0.481 e. The molecule has 0 saturated heterocycles. The third-order valence-electron chi connectivity index (χ3n) is 3.91. The molecular formula is C16H15N3O4S. The molecule has 1 aliphatic heterocycles. The Balaban J connectivity index is 2.86. The fourth-order valence-electron chi connectivity index (χ4n) is 2.87. The van der Waals surface area contributed by atoms with Gasteiger partial charge in [-0.1, -0.05) is 19.1 Å². The van der Waals surface area contributed by atoms with E-state index >= 15 is 0 Å². The quantitative estimate of drug-likeness (QED) is 0.610. The number of hydrogen-bond acceptors (Lipinski definition) is 6. The number of rotatable bonds is 4. The van der Waals surface area contributed by atoms with Crippen molar-refractivity contribution in [2.45, 2.75) is 18.1 Å². The smallest absolute Gasteiger partial charge is 0.337 e. The highest BCUT2D eigenvalue weighted by atomic mass is 32.1. The van der Waals surface area contributed by atoms with Gasteiger partial charge in [0.1, 0.15) is 17.3 Å². The second-order valence-corrected chi connectivity index (χ2v) is 5.96. The van der Waals surface area contributed by atoms with Crippen molar-refractivity contribution in [1.82, 2.24) is 0 Å². The molecule has 0 radical (unpaired) electrons. The SMILES string of the molecule is CCC1=NC(N)=C(C(=O)O)C(S)(c2cccc(C#N)c2)C1C(=O)O. The van der Waals surface area contributed by atoms with Crippen LogP contribution in [0.2, 0.25) is 0 Å². The molecular weight excluding hydrogens is 330 g/mol. The van der Waals surface area contributed by atoms with Crippen molar-refractivity contribution >= 4 is 30.3 Å². The minimum absolute atomic E-state index is 0.224. The number of aliphatic carboxylic acids is 2. The Morgan fingerprint density at radius 1 is 1.46 bits per heavy atom. The molecule has 1 aliphatic rings. The van der Waals surface area contributed by atoms with E-state index in [4.69, 9.17) is 11.0 Å². The van der Waals surface area contributed by atoms with Crippen LogP contribution >= 0.6 is 12.6 Å². The van der Waals surface area contributed by atoms with Gasteiger partial charge in [0.15, 0.2) is 0 Å². The normalized spacial score (nSPS) is 23.4. The lowest BCUT2D eigenvalue weighted by Crippen LogP contribution is -2.47. The van der Waals surface area contributed by atoms with Crippen molar-refractivity contribution < 1.29 is 19.8 Å². The van der Waals surface area contributed by atoms with Gasteiger partial charge in [-0.3, -0.25) is 4.79 Å². The predicted octanol–water partition coefficient (Wildman–Crippen LogP) is 1.50. The standard InChI is InChI=1S/C16H15N3O4S/c1-2-10-11(14(20)21)16(24,12(15(22)23)13(18)19-10)9-5-3-4-8(6-9)7-17/h3-6,11,24H,2,18H2,1H3,(H,20,21)(H,22,23). The van der Waals surface area contributed by atoms with Gasteiger partial charge in [-0.25, -0.2) is 9.79 Å². The van der Waals surface area contributed by atoms with Crippen LogP contribution in [0.25, 0.3) is 0 Å². The van der Waals surface area contributed by atoms with E-state index in [1.165, 1.54) is 24.3 Å². The third kappa shape index (κ3) is 2.63. The summed E-state index contributed by atoms with van der Waals surface area (Å²) in [6.45, 7) is 1.70. The molecule has 124 valence electrons. The zero-order valence-corrected chi connectivity index (χ0v) is 13.6. The van der Waals surface area contributed by atoms with Crippen LogP contribution in [0, 0.1) is 17.2 Å². The molecule has 1 aromatic rings. The third-order valence-corrected chi connectivity index (χ3v) is 4.65. The van der Waals surface area contributed by atoms with Crippen molar-refractivity contribution in [1.29, 1.82) is 5.26 Å². The van der Waals surface area contributed by atoms with Gasteiger partial charge in [0.05, 0.1) is 16.4 Å². The van der Waals surface area contributed by atoms with E-state index in [9.17, 15) is 19.8 Å². The molecule has 7 nitrogen and oxygen atoms in total. The van der Waals surface area contributed by atoms with Gasteiger partial charge < -0.3 is 15.9 Å². The minimum atomic E-state index is -1.75. The van der Waals surface area contributed by atoms with Gasteiger partial charge in [-0.15, -0.1) is 0 Å². The molecule has 0 bridgehead atoms. The Labute approximate surface area is 143 Å². The van der Waals surface area contributed by atoms with E-state index in [1.54, 1.807) is 6.92 Å².